The van der Waals surface area contributed by atoms with Crippen LogP contribution >= 0.6 is 11.6 Å². The maximum absolute atomic E-state index is 10.9. The van der Waals surface area contributed by atoms with E-state index in [0.717, 1.165) is 12.8 Å². The molecule has 0 spiro atoms. The van der Waals surface area contributed by atoms with Crippen molar-refractivity contribution in [2.45, 2.75) is 39.2 Å². The average Bonchev–Trinajstić information content (AvgIpc) is 2.01. The molecule has 0 N–H and O–H groups in total. The van der Waals surface area contributed by atoms with Gasteiger partial charge < -0.3 is 4.74 Å². The van der Waals surface area contributed by atoms with Crippen molar-refractivity contribution in [3.8, 4) is 0 Å². The minimum absolute atomic E-state index is 0.0747. The quantitative estimate of drug-likeness (QED) is 0.477. The topological polar surface area (TPSA) is 26.3 Å². The molecule has 0 saturated heterocycles. The Hall–Kier alpha value is -0.240. The average molecular weight is 179 g/mol. The molecule has 2 nitrogen and oxygen atoms in total. The van der Waals surface area contributed by atoms with Crippen LogP contribution in [-0.4, -0.2) is 18.0 Å². The third-order valence-corrected chi connectivity index (χ3v) is 1.70. The summed E-state index contributed by atoms with van der Waals surface area (Å²) < 4.78 is 5.07. The molecule has 0 unspecified atom stereocenters. The molecule has 0 aliphatic rings. The van der Waals surface area contributed by atoms with E-state index in [1.54, 1.807) is 0 Å². The van der Waals surface area contributed by atoms with Crippen molar-refractivity contribution < 1.29 is 9.53 Å². The number of rotatable bonds is 5. The number of hydrogen-bond acceptors (Lipinski definition) is 2. The minimum atomic E-state index is -0.186. The molecule has 0 aromatic heterocycles. The number of carbonyl (C=O) groups excluding carboxylic acids is 1. The fourth-order valence-corrected chi connectivity index (χ4v) is 0.932. The van der Waals surface area contributed by atoms with Crippen LogP contribution in [-0.2, 0) is 9.53 Å². The Kier molecular flexibility index (Phi) is 6.33. The van der Waals surface area contributed by atoms with Crippen LogP contribution in [0.5, 0.6) is 0 Å². The Morgan fingerprint density at radius 1 is 1.45 bits per heavy atom. The Morgan fingerprint density at radius 2 is 2.00 bits per heavy atom. The van der Waals surface area contributed by atoms with E-state index < -0.39 is 0 Å². The standard InChI is InChI=1S/C8H15ClO2/c1-3-7(4-2)11-8(10)5-6-9/h7H,3-6H2,1-2H3. The van der Waals surface area contributed by atoms with E-state index in [2.05, 4.69) is 0 Å². The molecule has 0 heterocycles. The molecule has 0 aliphatic carbocycles. The maximum Gasteiger partial charge on any atom is 0.307 e. The number of halogens is 1. The first-order chi connectivity index (χ1) is 5.24. The largest absolute Gasteiger partial charge is 0.462 e. The highest BCUT2D eigenvalue weighted by molar-refractivity contribution is 6.18. The van der Waals surface area contributed by atoms with E-state index in [-0.39, 0.29) is 12.1 Å². The molecule has 11 heavy (non-hydrogen) atoms. The van der Waals surface area contributed by atoms with Crippen LogP contribution in [0.4, 0.5) is 0 Å². The van der Waals surface area contributed by atoms with Crippen molar-refractivity contribution >= 4 is 17.6 Å². The molecule has 0 saturated carbocycles. The monoisotopic (exact) mass is 178 g/mol. The molecule has 0 aliphatic heterocycles. The normalized spacial score (nSPS) is 10.2. The van der Waals surface area contributed by atoms with Gasteiger partial charge in [-0.25, -0.2) is 0 Å². The number of ether oxygens (including phenoxy) is 1. The zero-order chi connectivity index (χ0) is 8.69. The molecule has 0 amide bonds. The first-order valence-electron chi connectivity index (χ1n) is 4.00. The summed E-state index contributed by atoms with van der Waals surface area (Å²) in [5.74, 6) is 0.160. The van der Waals surface area contributed by atoms with Crippen molar-refractivity contribution in [2.24, 2.45) is 0 Å². The summed E-state index contributed by atoms with van der Waals surface area (Å²) in [5.41, 5.74) is 0. The summed E-state index contributed by atoms with van der Waals surface area (Å²) >= 11 is 5.37. The van der Waals surface area contributed by atoms with E-state index in [1.165, 1.54) is 0 Å². The highest BCUT2D eigenvalue weighted by Gasteiger charge is 2.08. The lowest BCUT2D eigenvalue weighted by Gasteiger charge is -2.12. The lowest BCUT2D eigenvalue weighted by molar-refractivity contribution is -0.148. The van der Waals surface area contributed by atoms with Crippen molar-refractivity contribution in [3.63, 3.8) is 0 Å². The van der Waals surface area contributed by atoms with Gasteiger partial charge in [-0.2, -0.15) is 0 Å². The summed E-state index contributed by atoms with van der Waals surface area (Å²) in [6, 6.07) is 0. The van der Waals surface area contributed by atoms with E-state index in [4.69, 9.17) is 16.3 Å². The van der Waals surface area contributed by atoms with Gasteiger partial charge in [-0.3, -0.25) is 4.79 Å². The van der Waals surface area contributed by atoms with Crippen LogP contribution in [0.2, 0.25) is 0 Å². The predicted molar refractivity (Wildman–Crippen MR) is 45.8 cm³/mol. The van der Waals surface area contributed by atoms with Crippen LogP contribution in [0.3, 0.4) is 0 Å². The van der Waals surface area contributed by atoms with Crippen molar-refractivity contribution in [3.05, 3.63) is 0 Å². The number of esters is 1. The molecule has 66 valence electrons. The molecule has 3 heteroatoms. The van der Waals surface area contributed by atoms with E-state index in [0.29, 0.717) is 12.3 Å². The van der Waals surface area contributed by atoms with E-state index >= 15 is 0 Å². The van der Waals surface area contributed by atoms with Crippen molar-refractivity contribution in [1.29, 1.82) is 0 Å². The van der Waals surface area contributed by atoms with Crippen LogP contribution in [0.1, 0.15) is 33.1 Å². The Balaban J connectivity index is 3.54. The fourth-order valence-electron chi connectivity index (χ4n) is 0.777. The van der Waals surface area contributed by atoms with Gasteiger partial charge in [-0.05, 0) is 12.8 Å². The third kappa shape index (κ3) is 5.08. The second-order valence-electron chi connectivity index (χ2n) is 2.37. The fraction of sp³-hybridized carbons (Fsp3) is 0.875. The maximum atomic E-state index is 10.9. The molecule has 0 atom stereocenters. The summed E-state index contributed by atoms with van der Waals surface area (Å²) in [4.78, 5) is 10.9. The Labute approximate surface area is 72.9 Å². The number of hydrogen-bond donors (Lipinski definition) is 0. The van der Waals surface area contributed by atoms with Gasteiger partial charge in [0.05, 0.1) is 6.42 Å². The molecule has 0 aromatic carbocycles. The first-order valence-corrected chi connectivity index (χ1v) is 4.53. The summed E-state index contributed by atoms with van der Waals surface area (Å²) in [5, 5.41) is 0. The smallest absolute Gasteiger partial charge is 0.307 e. The van der Waals surface area contributed by atoms with Gasteiger partial charge in [-0.1, -0.05) is 13.8 Å². The molecular weight excluding hydrogens is 164 g/mol. The second-order valence-corrected chi connectivity index (χ2v) is 2.75. The van der Waals surface area contributed by atoms with Crippen LogP contribution in [0.25, 0.3) is 0 Å². The summed E-state index contributed by atoms with van der Waals surface area (Å²) in [7, 11) is 0. The van der Waals surface area contributed by atoms with Gasteiger partial charge >= 0.3 is 5.97 Å². The second kappa shape index (κ2) is 6.47. The summed E-state index contributed by atoms with van der Waals surface area (Å²) in [6.07, 6.45) is 2.15. The van der Waals surface area contributed by atoms with Gasteiger partial charge in [0.2, 0.25) is 0 Å². The molecule has 0 radical (unpaired) electrons. The van der Waals surface area contributed by atoms with E-state index in [9.17, 15) is 4.79 Å². The van der Waals surface area contributed by atoms with Gasteiger partial charge in [0.25, 0.3) is 0 Å². The van der Waals surface area contributed by atoms with Gasteiger partial charge in [0.1, 0.15) is 6.10 Å². The minimum Gasteiger partial charge on any atom is -0.462 e. The van der Waals surface area contributed by atoms with Gasteiger partial charge in [0.15, 0.2) is 0 Å². The van der Waals surface area contributed by atoms with Crippen molar-refractivity contribution in [2.75, 3.05) is 5.88 Å². The lowest BCUT2D eigenvalue weighted by atomic mass is 10.2. The SMILES string of the molecule is CCC(CC)OC(=O)CCCl. The number of carbonyl (C=O) groups is 1. The predicted octanol–water partition coefficient (Wildman–Crippen LogP) is 2.35. The van der Waals surface area contributed by atoms with Gasteiger partial charge in [0, 0.05) is 5.88 Å². The molecular formula is C8H15ClO2. The molecule has 0 fully saturated rings. The molecule has 0 aromatic rings. The summed E-state index contributed by atoms with van der Waals surface area (Å²) in [6.45, 7) is 4.00. The van der Waals surface area contributed by atoms with Crippen LogP contribution in [0, 0.1) is 0 Å². The van der Waals surface area contributed by atoms with E-state index in [1.807, 2.05) is 13.8 Å². The highest BCUT2D eigenvalue weighted by atomic mass is 35.5. The Morgan fingerprint density at radius 3 is 2.36 bits per heavy atom. The lowest BCUT2D eigenvalue weighted by Crippen LogP contribution is -2.16. The van der Waals surface area contributed by atoms with Crippen LogP contribution < -0.4 is 0 Å². The van der Waals surface area contributed by atoms with Crippen LogP contribution in [0.15, 0.2) is 0 Å². The third-order valence-electron chi connectivity index (χ3n) is 1.51. The molecule has 0 bridgehead atoms. The number of alkyl halides is 1. The highest BCUT2D eigenvalue weighted by Crippen LogP contribution is 2.04. The first kappa shape index (κ1) is 10.8. The Bertz CT molecular complexity index is 111. The van der Waals surface area contributed by atoms with Gasteiger partial charge in [-0.15, -0.1) is 11.6 Å². The molecule has 0 rings (SSSR count). The van der Waals surface area contributed by atoms with Crippen molar-refractivity contribution in [1.82, 2.24) is 0 Å². The zero-order valence-corrected chi connectivity index (χ0v) is 7.86. The zero-order valence-electron chi connectivity index (χ0n) is 7.10.